The third-order valence-electron chi connectivity index (χ3n) is 7.33. The molecule has 0 aromatic heterocycles. The summed E-state index contributed by atoms with van der Waals surface area (Å²) < 4.78 is 10.5. The lowest BCUT2D eigenvalue weighted by Crippen LogP contribution is -2.28. The standard InChI is InChI=1S/C38H66O5/c1-3-5-7-9-11-13-15-17-18-19-21-23-25-27-29-31-33-38(41)43-36(34-39)35-42-37(40)32-30-28-26-24-22-20-16-14-12-10-8-6-4-2/h8,10,13-16,18-19,36,39H,3-7,9,11-12,17,20-35H2,1-2H3/b10-8-,15-13-,16-14-,19-18-. The first kappa shape index (κ1) is 40.9. The highest BCUT2D eigenvalue weighted by molar-refractivity contribution is 5.70. The number of esters is 2. The van der Waals surface area contributed by atoms with Gasteiger partial charge >= 0.3 is 11.9 Å². The topological polar surface area (TPSA) is 72.8 Å². The first-order chi connectivity index (χ1) is 21.1. The number of allylic oxidation sites excluding steroid dienone is 8. The van der Waals surface area contributed by atoms with Crippen molar-refractivity contribution in [1.29, 1.82) is 0 Å². The molecule has 0 aliphatic carbocycles. The van der Waals surface area contributed by atoms with E-state index in [-0.39, 0.29) is 25.2 Å². The second kappa shape index (κ2) is 34.4. The van der Waals surface area contributed by atoms with E-state index >= 15 is 0 Å². The van der Waals surface area contributed by atoms with Crippen molar-refractivity contribution < 1.29 is 24.2 Å². The highest BCUT2D eigenvalue weighted by atomic mass is 16.6. The number of unbranched alkanes of at least 4 members (excludes halogenated alkanes) is 15. The maximum Gasteiger partial charge on any atom is 0.306 e. The fourth-order valence-electron chi connectivity index (χ4n) is 4.62. The van der Waals surface area contributed by atoms with Gasteiger partial charge in [0.25, 0.3) is 0 Å². The molecule has 5 heteroatoms. The van der Waals surface area contributed by atoms with Crippen LogP contribution < -0.4 is 0 Å². The van der Waals surface area contributed by atoms with Crippen LogP contribution in [0.25, 0.3) is 0 Å². The molecule has 5 nitrogen and oxygen atoms in total. The van der Waals surface area contributed by atoms with Gasteiger partial charge in [0.1, 0.15) is 6.61 Å². The SMILES string of the molecule is CCC/C=C\C/C=C\CCCCCCCC(=O)OCC(CO)OC(=O)CCCCCCC/C=C\C/C=C\CCCCCC. The highest BCUT2D eigenvalue weighted by Crippen LogP contribution is 2.11. The maximum atomic E-state index is 12.1. The number of rotatable bonds is 31. The molecule has 43 heavy (non-hydrogen) atoms. The molecule has 0 bridgehead atoms. The fraction of sp³-hybridized carbons (Fsp3) is 0.737. The Kier molecular flexibility index (Phi) is 32.6. The number of carbonyl (C=O) groups excluding carboxylic acids is 2. The van der Waals surface area contributed by atoms with E-state index in [4.69, 9.17) is 9.47 Å². The van der Waals surface area contributed by atoms with Crippen molar-refractivity contribution in [2.75, 3.05) is 13.2 Å². The molecule has 0 saturated heterocycles. The monoisotopic (exact) mass is 602 g/mol. The molecule has 0 saturated carbocycles. The van der Waals surface area contributed by atoms with E-state index < -0.39 is 6.10 Å². The molecule has 0 aliphatic rings. The first-order valence-corrected chi connectivity index (χ1v) is 17.7. The number of aliphatic hydroxyl groups excluding tert-OH is 1. The Balaban J connectivity index is 3.64. The molecule has 0 aliphatic heterocycles. The van der Waals surface area contributed by atoms with Gasteiger partial charge in [-0.25, -0.2) is 0 Å². The van der Waals surface area contributed by atoms with Crippen molar-refractivity contribution in [3.8, 4) is 0 Å². The Labute approximate surface area is 265 Å². The lowest BCUT2D eigenvalue weighted by Gasteiger charge is -2.15. The van der Waals surface area contributed by atoms with Crippen LogP contribution in [0.4, 0.5) is 0 Å². The molecule has 0 radical (unpaired) electrons. The van der Waals surface area contributed by atoms with Gasteiger partial charge in [-0.3, -0.25) is 9.59 Å². The summed E-state index contributed by atoms with van der Waals surface area (Å²) in [7, 11) is 0. The van der Waals surface area contributed by atoms with Gasteiger partial charge in [-0.1, -0.05) is 127 Å². The largest absolute Gasteiger partial charge is 0.462 e. The summed E-state index contributed by atoms with van der Waals surface area (Å²) in [5.41, 5.74) is 0. The minimum atomic E-state index is -0.783. The summed E-state index contributed by atoms with van der Waals surface area (Å²) >= 11 is 0. The van der Waals surface area contributed by atoms with Crippen LogP contribution in [-0.4, -0.2) is 36.4 Å². The Morgan fingerprint density at radius 3 is 1.47 bits per heavy atom. The zero-order valence-electron chi connectivity index (χ0n) is 28.0. The number of aliphatic hydroxyl groups is 1. The van der Waals surface area contributed by atoms with Gasteiger partial charge in [0.05, 0.1) is 6.61 Å². The quantitative estimate of drug-likeness (QED) is 0.0485. The molecule has 1 atom stereocenters. The summed E-state index contributed by atoms with van der Waals surface area (Å²) in [6.07, 6.45) is 41.6. The zero-order chi connectivity index (χ0) is 31.5. The third-order valence-corrected chi connectivity index (χ3v) is 7.33. The maximum absolute atomic E-state index is 12.1. The van der Waals surface area contributed by atoms with Crippen LogP contribution in [0, 0.1) is 0 Å². The van der Waals surface area contributed by atoms with Gasteiger partial charge in [-0.15, -0.1) is 0 Å². The van der Waals surface area contributed by atoms with Crippen molar-refractivity contribution >= 4 is 11.9 Å². The lowest BCUT2D eigenvalue weighted by atomic mass is 10.1. The lowest BCUT2D eigenvalue weighted by molar-refractivity contribution is -0.161. The first-order valence-electron chi connectivity index (χ1n) is 17.7. The molecule has 1 N–H and O–H groups in total. The Bertz CT molecular complexity index is 737. The van der Waals surface area contributed by atoms with E-state index in [2.05, 4.69) is 62.5 Å². The van der Waals surface area contributed by atoms with E-state index in [0.717, 1.165) is 77.0 Å². The highest BCUT2D eigenvalue weighted by Gasteiger charge is 2.16. The number of hydrogen-bond donors (Lipinski definition) is 1. The van der Waals surface area contributed by atoms with Crippen LogP contribution >= 0.6 is 0 Å². The Hall–Kier alpha value is -2.14. The second-order valence-corrected chi connectivity index (χ2v) is 11.6. The van der Waals surface area contributed by atoms with E-state index in [0.29, 0.717) is 12.8 Å². The molecule has 0 aromatic rings. The Morgan fingerprint density at radius 2 is 0.977 bits per heavy atom. The van der Waals surface area contributed by atoms with Crippen molar-refractivity contribution in [3.05, 3.63) is 48.6 Å². The summed E-state index contributed by atoms with van der Waals surface area (Å²) in [5.74, 6) is -0.628. The van der Waals surface area contributed by atoms with E-state index in [1.54, 1.807) is 0 Å². The van der Waals surface area contributed by atoms with Gasteiger partial charge in [0.15, 0.2) is 6.10 Å². The molecule has 248 valence electrons. The smallest absolute Gasteiger partial charge is 0.306 e. The van der Waals surface area contributed by atoms with E-state index in [1.165, 1.54) is 57.8 Å². The molecular weight excluding hydrogens is 536 g/mol. The average Bonchev–Trinajstić information content (AvgIpc) is 3.01. The van der Waals surface area contributed by atoms with Crippen LogP contribution in [0.2, 0.25) is 0 Å². The number of carbonyl (C=O) groups is 2. The predicted molar refractivity (Wildman–Crippen MR) is 182 cm³/mol. The summed E-state index contributed by atoms with van der Waals surface area (Å²) in [6.45, 7) is 4.01. The second-order valence-electron chi connectivity index (χ2n) is 11.6. The molecule has 0 heterocycles. The average molecular weight is 603 g/mol. The van der Waals surface area contributed by atoms with Crippen LogP contribution in [0.15, 0.2) is 48.6 Å². The normalized spacial score (nSPS) is 12.7. The fourth-order valence-corrected chi connectivity index (χ4v) is 4.62. The van der Waals surface area contributed by atoms with Gasteiger partial charge in [-0.2, -0.15) is 0 Å². The van der Waals surface area contributed by atoms with Crippen LogP contribution in [-0.2, 0) is 19.1 Å². The molecule has 0 rings (SSSR count). The molecule has 0 fully saturated rings. The zero-order valence-corrected chi connectivity index (χ0v) is 28.0. The molecule has 0 amide bonds. The summed E-state index contributed by atoms with van der Waals surface area (Å²) in [6, 6.07) is 0. The number of ether oxygens (including phenoxy) is 2. The number of hydrogen-bond acceptors (Lipinski definition) is 5. The van der Waals surface area contributed by atoms with Crippen LogP contribution in [0.1, 0.15) is 162 Å². The van der Waals surface area contributed by atoms with Gasteiger partial charge in [-0.05, 0) is 70.6 Å². The van der Waals surface area contributed by atoms with Crippen molar-refractivity contribution in [2.45, 2.75) is 168 Å². The van der Waals surface area contributed by atoms with E-state index in [9.17, 15) is 14.7 Å². The summed E-state index contributed by atoms with van der Waals surface area (Å²) in [5, 5.41) is 9.51. The van der Waals surface area contributed by atoms with Gasteiger partial charge < -0.3 is 14.6 Å². The third kappa shape index (κ3) is 32.6. The minimum absolute atomic E-state index is 0.0801. The molecule has 0 spiro atoms. The molecular formula is C38H66O5. The van der Waals surface area contributed by atoms with Gasteiger partial charge in [0.2, 0.25) is 0 Å². The van der Waals surface area contributed by atoms with Gasteiger partial charge in [0, 0.05) is 12.8 Å². The van der Waals surface area contributed by atoms with E-state index in [1.807, 2.05) is 0 Å². The van der Waals surface area contributed by atoms with Crippen molar-refractivity contribution in [3.63, 3.8) is 0 Å². The molecule has 0 aromatic carbocycles. The Morgan fingerprint density at radius 1 is 0.535 bits per heavy atom. The molecule has 1 unspecified atom stereocenters. The summed E-state index contributed by atoms with van der Waals surface area (Å²) in [4.78, 5) is 24.1. The minimum Gasteiger partial charge on any atom is -0.462 e. The van der Waals surface area contributed by atoms with Crippen LogP contribution in [0.5, 0.6) is 0 Å². The predicted octanol–water partition coefficient (Wildman–Crippen LogP) is 10.7. The van der Waals surface area contributed by atoms with Crippen LogP contribution in [0.3, 0.4) is 0 Å². The van der Waals surface area contributed by atoms with Crippen molar-refractivity contribution in [2.24, 2.45) is 0 Å². The van der Waals surface area contributed by atoms with Crippen molar-refractivity contribution in [1.82, 2.24) is 0 Å².